The van der Waals surface area contributed by atoms with E-state index in [0.29, 0.717) is 23.7 Å². The third-order valence-electron chi connectivity index (χ3n) is 9.67. The highest BCUT2D eigenvalue weighted by molar-refractivity contribution is 8.04. The fourth-order valence-electron chi connectivity index (χ4n) is 7.47. The summed E-state index contributed by atoms with van der Waals surface area (Å²) in [7, 11) is 0. The molecule has 5 aliphatic rings. The van der Waals surface area contributed by atoms with Crippen molar-refractivity contribution in [1.29, 1.82) is 0 Å². The van der Waals surface area contributed by atoms with Gasteiger partial charge in [0, 0.05) is 36.4 Å². The molecule has 238 valence electrons. The van der Waals surface area contributed by atoms with Gasteiger partial charge in [0.25, 0.3) is 5.91 Å². The van der Waals surface area contributed by atoms with E-state index >= 15 is 0 Å². The number of carbonyl (C=O) groups excluding carboxylic acids is 3. The average molecular weight is 631 g/mol. The Balaban J connectivity index is 1.04. The van der Waals surface area contributed by atoms with Crippen LogP contribution in [0.4, 0.5) is 10.5 Å². The van der Waals surface area contributed by atoms with Crippen LogP contribution in [0, 0.1) is 12.8 Å². The highest BCUT2D eigenvalue weighted by Gasteiger charge is 2.52. The number of piperidine rings is 3. The van der Waals surface area contributed by atoms with Crippen molar-refractivity contribution < 1.29 is 19.1 Å². The summed E-state index contributed by atoms with van der Waals surface area (Å²) >= 11 is 1.51. The monoisotopic (exact) mass is 630 g/mol. The summed E-state index contributed by atoms with van der Waals surface area (Å²) in [6, 6.07) is 15.1. The van der Waals surface area contributed by atoms with Gasteiger partial charge in [0.05, 0.1) is 22.9 Å². The summed E-state index contributed by atoms with van der Waals surface area (Å²) in [5.74, 6) is 1.44. The standard InChI is InChI=1S/C34H42N6O4S/c1-22-19-25(44-24-10-4-2-5-11-24)12-13-26(22)40-27-14-15-35-33-29(27)30(37-34(40)43)31(45-33)32(42)36-23-9-8-18-39(20-23)28(41)21-38-16-6-3-7-17-38/h2,4-5,10-13,19,23,27,29,33,35H,3,6-9,14-18,20-21H2,1H3,(H,36,42)(H,37,43)/t23-,27?,29?,33?/m1/s1. The Labute approximate surface area is 268 Å². The summed E-state index contributed by atoms with van der Waals surface area (Å²) in [6.07, 6.45) is 6.04. The lowest BCUT2D eigenvalue weighted by molar-refractivity contribution is -0.134. The normalized spacial score (nSPS) is 26.7. The average Bonchev–Trinajstić information content (AvgIpc) is 3.42. The molecule has 4 saturated heterocycles. The zero-order valence-electron chi connectivity index (χ0n) is 25.8. The molecule has 0 radical (unpaired) electrons. The van der Waals surface area contributed by atoms with Gasteiger partial charge in [-0.25, -0.2) is 4.79 Å². The fourth-order valence-corrected chi connectivity index (χ4v) is 8.87. The first-order chi connectivity index (χ1) is 21.9. The minimum atomic E-state index is -0.216. The van der Waals surface area contributed by atoms with Crippen LogP contribution in [-0.4, -0.2) is 84.4 Å². The van der Waals surface area contributed by atoms with Gasteiger partial charge >= 0.3 is 6.03 Å². The van der Waals surface area contributed by atoms with Gasteiger partial charge in [-0.3, -0.25) is 19.4 Å². The quantitative estimate of drug-likeness (QED) is 0.422. The molecule has 0 bridgehead atoms. The molecule has 0 spiro atoms. The Kier molecular flexibility index (Phi) is 8.74. The molecule has 5 heterocycles. The lowest BCUT2D eigenvalue weighted by atomic mass is 9.86. The number of amides is 4. The molecular weight excluding hydrogens is 588 g/mol. The molecule has 2 aromatic carbocycles. The second-order valence-electron chi connectivity index (χ2n) is 12.8. The number of nitrogens with zero attached hydrogens (tertiary/aromatic N) is 3. The smallest absolute Gasteiger partial charge is 0.326 e. The van der Waals surface area contributed by atoms with Crippen LogP contribution in [0.1, 0.15) is 44.1 Å². The number of hydrogen-bond donors (Lipinski definition) is 3. The lowest BCUT2D eigenvalue weighted by Gasteiger charge is -2.46. The summed E-state index contributed by atoms with van der Waals surface area (Å²) < 4.78 is 6.03. The number of hydrogen-bond acceptors (Lipinski definition) is 7. The van der Waals surface area contributed by atoms with Crippen LogP contribution >= 0.6 is 11.8 Å². The van der Waals surface area contributed by atoms with Crippen LogP contribution < -0.4 is 25.6 Å². The summed E-state index contributed by atoms with van der Waals surface area (Å²) in [6.45, 7) is 6.47. The van der Waals surface area contributed by atoms with Gasteiger partial charge in [-0.2, -0.15) is 0 Å². The molecule has 5 aliphatic heterocycles. The number of anilines is 1. The van der Waals surface area contributed by atoms with Gasteiger partial charge in [-0.1, -0.05) is 36.4 Å². The van der Waals surface area contributed by atoms with E-state index in [-0.39, 0.29) is 41.2 Å². The third-order valence-corrected chi connectivity index (χ3v) is 11.0. The third kappa shape index (κ3) is 6.30. The molecule has 3 unspecified atom stereocenters. The van der Waals surface area contributed by atoms with E-state index in [4.69, 9.17) is 4.74 Å². The molecule has 4 amide bonds. The first-order valence-electron chi connectivity index (χ1n) is 16.3. The topological polar surface area (TPSA) is 106 Å². The molecular formula is C34H42N6O4S. The van der Waals surface area contributed by atoms with Crippen molar-refractivity contribution in [3.05, 3.63) is 64.7 Å². The molecule has 0 aliphatic carbocycles. The van der Waals surface area contributed by atoms with E-state index in [1.165, 1.54) is 18.2 Å². The minimum Gasteiger partial charge on any atom is -0.457 e. The van der Waals surface area contributed by atoms with Crippen LogP contribution in [-0.2, 0) is 9.59 Å². The van der Waals surface area contributed by atoms with Gasteiger partial charge in [0.2, 0.25) is 5.91 Å². The van der Waals surface area contributed by atoms with Crippen molar-refractivity contribution in [2.24, 2.45) is 5.92 Å². The molecule has 4 fully saturated rings. The first-order valence-corrected chi connectivity index (χ1v) is 17.2. The van der Waals surface area contributed by atoms with Crippen LogP contribution in [0.25, 0.3) is 0 Å². The number of thioether (sulfide) groups is 1. The Hall–Kier alpha value is -3.54. The van der Waals surface area contributed by atoms with Crippen LogP contribution in [0.2, 0.25) is 0 Å². The fraction of sp³-hybridized carbons (Fsp3) is 0.500. The molecule has 4 atom stereocenters. The van der Waals surface area contributed by atoms with E-state index in [9.17, 15) is 14.4 Å². The Morgan fingerprint density at radius 3 is 2.62 bits per heavy atom. The lowest BCUT2D eigenvalue weighted by Crippen LogP contribution is -2.62. The van der Waals surface area contributed by atoms with Gasteiger partial charge in [0.15, 0.2) is 0 Å². The summed E-state index contributed by atoms with van der Waals surface area (Å²) in [5.41, 5.74) is 2.51. The molecule has 0 aromatic heterocycles. The van der Waals surface area contributed by atoms with E-state index in [1.54, 1.807) is 0 Å². The number of ether oxygens (including phenoxy) is 1. The number of rotatable bonds is 7. The van der Waals surface area contributed by atoms with Gasteiger partial charge < -0.3 is 25.6 Å². The highest BCUT2D eigenvalue weighted by atomic mass is 32.2. The maximum absolute atomic E-state index is 13.7. The molecule has 0 saturated carbocycles. The number of carbonyl (C=O) groups is 3. The van der Waals surface area contributed by atoms with Gasteiger partial charge in [-0.05, 0) is 94.6 Å². The molecule has 45 heavy (non-hydrogen) atoms. The zero-order valence-corrected chi connectivity index (χ0v) is 26.6. The van der Waals surface area contributed by atoms with Crippen molar-refractivity contribution in [2.45, 2.75) is 62.9 Å². The van der Waals surface area contributed by atoms with E-state index < -0.39 is 0 Å². The van der Waals surface area contributed by atoms with Crippen LogP contribution in [0.5, 0.6) is 11.5 Å². The number of aryl methyl sites for hydroxylation is 1. The van der Waals surface area contributed by atoms with Crippen molar-refractivity contribution in [3.8, 4) is 11.5 Å². The van der Waals surface area contributed by atoms with Crippen LogP contribution in [0.15, 0.2) is 59.1 Å². The Morgan fingerprint density at radius 2 is 1.82 bits per heavy atom. The number of urea groups is 1. The minimum absolute atomic E-state index is 0.00225. The van der Waals surface area contributed by atoms with E-state index in [2.05, 4.69) is 20.9 Å². The molecule has 10 nitrogen and oxygen atoms in total. The van der Waals surface area contributed by atoms with Crippen molar-refractivity contribution in [3.63, 3.8) is 0 Å². The largest absolute Gasteiger partial charge is 0.457 e. The van der Waals surface area contributed by atoms with Gasteiger partial charge in [-0.15, -0.1) is 0 Å². The van der Waals surface area contributed by atoms with Crippen molar-refractivity contribution in [1.82, 2.24) is 25.8 Å². The molecule has 2 aromatic rings. The Bertz CT molecular complexity index is 1480. The predicted octanol–water partition coefficient (Wildman–Crippen LogP) is 4.17. The van der Waals surface area contributed by atoms with Crippen molar-refractivity contribution >= 4 is 35.3 Å². The first kappa shape index (κ1) is 30.1. The molecule has 3 N–H and O–H groups in total. The second kappa shape index (κ2) is 13.1. The highest BCUT2D eigenvalue weighted by Crippen LogP contribution is 2.48. The van der Waals surface area contributed by atoms with E-state index in [1.807, 2.05) is 65.3 Å². The number of benzene rings is 2. The maximum atomic E-state index is 13.7. The van der Waals surface area contributed by atoms with Crippen LogP contribution in [0.3, 0.4) is 0 Å². The summed E-state index contributed by atoms with van der Waals surface area (Å²) in [4.78, 5) is 47.2. The number of likely N-dealkylation sites (tertiary alicyclic amines) is 2. The molecule has 11 heteroatoms. The number of nitrogens with one attached hydrogen (secondary N) is 3. The maximum Gasteiger partial charge on any atom is 0.326 e. The van der Waals surface area contributed by atoms with Crippen molar-refractivity contribution in [2.75, 3.05) is 44.2 Å². The SMILES string of the molecule is Cc1cc(Oc2ccccc2)ccc1N1C(=O)NC2=C(C(=O)N[C@@H]3CCCN(C(=O)CN4CCCCC4)C3)SC3NCCC1C23. The molecule has 7 rings (SSSR count). The summed E-state index contributed by atoms with van der Waals surface area (Å²) in [5, 5.41) is 9.93. The van der Waals surface area contributed by atoms with E-state index in [0.717, 1.165) is 81.0 Å². The zero-order chi connectivity index (χ0) is 30.9. The number of para-hydroxylation sites is 1. The van der Waals surface area contributed by atoms with Gasteiger partial charge in [0.1, 0.15) is 11.5 Å². The predicted molar refractivity (Wildman–Crippen MR) is 175 cm³/mol. The second-order valence-corrected chi connectivity index (χ2v) is 13.9. The Morgan fingerprint density at radius 1 is 1.00 bits per heavy atom.